The van der Waals surface area contributed by atoms with Crippen molar-refractivity contribution in [3.05, 3.63) is 84.7 Å². The number of carbonyl (C=O) groups excluding carboxylic acids is 1. The average molecular weight is 275 g/mol. The third kappa shape index (κ3) is 3.12. The fourth-order valence-electron chi connectivity index (χ4n) is 1.94. The number of hydrogen-bond acceptors (Lipinski definition) is 3. The monoisotopic (exact) mass is 275 g/mol. The second-order valence-electron chi connectivity index (χ2n) is 4.47. The first kappa shape index (κ1) is 13.0. The molecule has 102 valence electrons. The molecule has 0 unspecified atom stereocenters. The summed E-state index contributed by atoms with van der Waals surface area (Å²) in [6.45, 7) is 0. The maximum absolute atomic E-state index is 12.1. The fraction of sp³-hybridized carbons (Fsp3) is 0. The summed E-state index contributed by atoms with van der Waals surface area (Å²) in [5.41, 5.74) is 2.38. The van der Waals surface area contributed by atoms with Crippen molar-refractivity contribution in [1.29, 1.82) is 0 Å². The van der Waals surface area contributed by atoms with Gasteiger partial charge in [0, 0.05) is 29.8 Å². The topological polar surface area (TPSA) is 47.8 Å². The number of hydrogen-bond donors (Lipinski definition) is 0. The Labute approximate surface area is 122 Å². The molecule has 4 heteroatoms. The quantitative estimate of drug-likeness (QED) is 0.543. The first-order chi connectivity index (χ1) is 10.3. The zero-order valence-electron chi connectivity index (χ0n) is 11.3. The van der Waals surface area contributed by atoms with Crippen molar-refractivity contribution in [3.8, 4) is 5.69 Å². The summed E-state index contributed by atoms with van der Waals surface area (Å²) >= 11 is 0. The van der Waals surface area contributed by atoms with Crippen molar-refractivity contribution in [3.63, 3.8) is 0 Å². The Morgan fingerprint density at radius 1 is 1.05 bits per heavy atom. The maximum atomic E-state index is 12.1. The molecule has 0 saturated heterocycles. The molecule has 1 aromatic carbocycles. The van der Waals surface area contributed by atoms with E-state index in [0.717, 1.165) is 11.4 Å². The van der Waals surface area contributed by atoms with Gasteiger partial charge in [0.15, 0.2) is 5.78 Å². The molecule has 0 aliphatic carbocycles. The van der Waals surface area contributed by atoms with Gasteiger partial charge in [-0.3, -0.25) is 9.78 Å². The maximum Gasteiger partial charge on any atom is 0.185 e. The van der Waals surface area contributed by atoms with Gasteiger partial charge in [-0.1, -0.05) is 6.07 Å². The predicted molar refractivity (Wildman–Crippen MR) is 81.2 cm³/mol. The van der Waals surface area contributed by atoms with Gasteiger partial charge in [-0.25, -0.2) is 4.98 Å². The van der Waals surface area contributed by atoms with Crippen molar-refractivity contribution in [2.24, 2.45) is 0 Å². The van der Waals surface area contributed by atoms with Crippen LogP contribution >= 0.6 is 0 Å². The normalized spacial score (nSPS) is 10.9. The standard InChI is InChI=1S/C17H13N3O/c21-17(9-6-15-3-1-2-10-19-15)14-4-7-16(8-5-14)20-12-11-18-13-20/h1-13H/b9-6+. The Balaban J connectivity index is 1.75. The molecular formula is C17H13N3O. The number of imidazole rings is 1. The molecule has 0 N–H and O–H groups in total. The van der Waals surface area contributed by atoms with E-state index < -0.39 is 0 Å². The second-order valence-corrected chi connectivity index (χ2v) is 4.47. The first-order valence-electron chi connectivity index (χ1n) is 6.55. The predicted octanol–water partition coefficient (Wildman–Crippen LogP) is 3.16. The van der Waals surface area contributed by atoms with Crippen LogP contribution in [0.15, 0.2) is 73.5 Å². The number of ketones is 1. The van der Waals surface area contributed by atoms with Gasteiger partial charge in [0.2, 0.25) is 0 Å². The van der Waals surface area contributed by atoms with Crippen LogP contribution in [0.1, 0.15) is 16.1 Å². The number of nitrogens with zero attached hydrogens (tertiary/aromatic N) is 3. The van der Waals surface area contributed by atoms with Gasteiger partial charge in [-0.05, 0) is 48.6 Å². The minimum absolute atomic E-state index is 0.0437. The van der Waals surface area contributed by atoms with Crippen LogP contribution in [0.4, 0.5) is 0 Å². The Bertz CT molecular complexity index is 744. The fourth-order valence-corrected chi connectivity index (χ4v) is 1.94. The van der Waals surface area contributed by atoms with Crippen molar-refractivity contribution in [2.75, 3.05) is 0 Å². The molecule has 0 saturated carbocycles. The molecule has 0 atom stereocenters. The third-order valence-corrected chi connectivity index (χ3v) is 3.05. The number of benzene rings is 1. The molecule has 0 radical (unpaired) electrons. The SMILES string of the molecule is O=C(/C=C/c1ccccn1)c1ccc(-n2ccnc2)cc1. The molecule has 0 fully saturated rings. The molecule has 0 spiro atoms. The minimum atomic E-state index is -0.0437. The number of allylic oxidation sites excluding steroid dienone is 1. The van der Waals surface area contributed by atoms with Gasteiger partial charge in [0.25, 0.3) is 0 Å². The number of aromatic nitrogens is 3. The van der Waals surface area contributed by atoms with E-state index in [9.17, 15) is 4.79 Å². The summed E-state index contributed by atoms with van der Waals surface area (Å²) in [5, 5.41) is 0. The summed E-state index contributed by atoms with van der Waals surface area (Å²) in [7, 11) is 0. The Kier molecular flexibility index (Phi) is 3.69. The van der Waals surface area contributed by atoms with E-state index in [1.165, 1.54) is 6.08 Å². The van der Waals surface area contributed by atoms with Crippen molar-refractivity contribution in [2.45, 2.75) is 0 Å². The summed E-state index contributed by atoms with van der Waals surface area (Å²) in [5.74, 6) is -0.0437. The average Bonchev–Trinajstić information content (AvgIpc) is 3.08. The van der Waals surface area contributed by atoms with Crippen LogP contribution in [0.2, 0.25) is 0 Å². The number of carbonyl (C=O) groups is 1. The molecule has 3 rings (SSSR count). The van der Waals surface area contributed by atoms with Crippen LogP contribution in [-0.2, 0) is 0 Å². The highest BCUT2D eigenvalue weighted by Crippen LogP contribution is 2.10. The van der Waals surface area contributed by atoms with E-state index in [-0.39, 0.29) is 5.78 Å². The van der Waals surface area contributed by atoms with E-state index in [0.29, 0.717) is 5.56 Å². The van der Waals surface area contributed by atoms with Gasteiger partial charge in [0.1, 0.15) is 0 Å². The first-order valence-corrected chi connectivity index (χ1v) is 6.55. The van der Waals surface area contributed by atoms with Crippen LogP contribution in [0.5, 0.6) is 0 Å². The highest BCUT2D eigenvalue weighted by Gasteiger charge is 2.02. The second kappa shape index (κ2) is 5.96. The van der Waals surface area contributed by atoms with E-state index in [2.05, 4.69) is 9.97 Å². The van der Waals surface area contributed by atoms with Gasteiger partial charge in [-0.15, -0.1) is 0 Å². The molecule has 21 heavy (non-hydrogen) atoms. The molecular weight excluding hydrogens is 262 g/mol. The zero-order valence-corrected chi connectivity index (χ0v) is 11.3. The molecule has 0 aliphatic heterocycles. The summed E-state index contributed by atoms with van der Waals surface area (Å²) in [6.07, 6.45) is 10.2. The van der Waals surface area contributed by atoms with E-state index >= 15 is 0 Å². The van der Waals surface area contributed by atoms with Crippen LogP contribution < -0.4 is 0 Å². The Hall–Kier alpha value is -3.01. The Morgan fingerprint density at radius 2 is 1.90 bits per heavy atom. The van der Waals surface area contributed by atoms with E-state index in [1.807, 2.05) is 41.1 Å². The smallest absolute Gasteiger partial charge is 0.185 e. The molecule has 0 bridgehead atoms. The van der Waals surface area contributed by atoms with E-state index in [4.69, 9.17) is 0 Å². The number of pyridine rings is 1. The molecule has 3 aromatic rings. The molecule has 0 amide bonds. The highest BCUT2D eigenvalue weighted by molar-refractivity contribution is 6.06. The molecule has 2 heterocycles. The van der Waals surface area contributed by atoms with Gasteiger partial charge >= 0.3 is 0 Å². The lowest BCUT2D eigenvalue weighted by atomic mass is 10.1. The van der Waals surface area contributed by atoms with Crippen LogP contribution in [-0.4, -0.2) is 20.3 Å². The Morgan fingerprint density at radius 3 is 2.57 bits per heavy atom. The summed E-state index contributed by atoms with van der Waals surface area (Å²) in [6, 6.07) is 13.0. The van der Waals surface area contributed by atoms with Gasteiger partial charge in [-0.2, -0.15) is 0 Å². The van der Waals surface area contributed by atoms with Gasteiger partial charge < -0.3 is 4.57 Å². The lowest BCUT2D eigenvalue weighted by Crippen LogP contribution is -1.96. The van der Waals surface area contributed by atoms with Crippen LogP contribution in [0.3, 0.4) is 0 Å². The van der Waals surface area contributed by atoms with Crippen molar-refractivity contribution < 1.29 is 4.79 Å². The largest absolute Gasteiger partial charge is 0.306 e. The summed E-state index contributed by atoms with van der Waals surface area (Å²) < 4.78 is 1.89. The minimum Gasteiger partial charge on any atom is -0.306 e. The van der Waals surface area contributed by atoms with Gasteiger partial charge in [0.05, 0.1) is 12.0 Å². The highest BCUT2D eigenvalue weighted by atomic mass is 16.1. The zero-order chi connectivity index (χ0) is 14.5. The van der Waals surface area contributed by atoms with Crippen LogP contribution in [0.25, 0.3) is 11.8 Å². The third-order valence-electron chi connectivity index (χ3n) is 3.05. The lowest BCUT2D eigenvalue weighted by Gasteiger charge is -2.02. The van der Waals surface area contributed by atoms with Crippen molar-refractivity contribution in [1.82, 2.24) is 14.5 Å². The van der Waals surface area contributed by atoms with Crippen LogP contribution in [0, 0.1) is 0 Å². The summed E-state index contributed by atoms with van der Waals surface area (Å²) in [4.78, 5) is 20.2. The lowest BCUT2D eigenvalue weighted by molar-refractivity contribution is 0.104. The molecule has 2 aromatic heterocycles. The number of rotatable bonds is 4. The molecule has 4 nitrogen and oxygen atoms in total. The van der Waals surface area contributed by atoms with E-state index in [1.54, 1.807) is 36.9 Å². The molecule has 0 aliphatic rings. The van der Waals surface area contributed by atoms with Crippen molar-refractivity contribution >= 4 is 11.9 Å².